The van der Waals surface area contributed by atoms with Gasteiger partial charge >= 0.3 is 47.5 Å². The Hall–Kier alpha value is -0.413. The Morgan fingerprint density at radius 2 is 1.27 bits per heavy atom. The van der Waals surface area contributed by atoms with Gasteiger partial charge in [-0.2, -0.15) is 0 Å². The van der Waals surface area contributed by atoms with Gasteiger partial charge in [0.25, 0.3) is 0 Å². The molecular weight excluding hydrogens is 235 g/mol. The van der Waals surface area contributed by atoms with E-state index in [2.05, 4.69) is 0 Å². The molecule has 0 amide bonds. The molecule has 0 aromatic heterocycles. The maximum absolute atomic E-state index is 10.3. The van der Waals surface area contributed by atoms with Crippen molar-refractivity contribution < 1.29 is 65.8 Å². The molecule has 15 heavy (non-hydrogen) atoms. The summed E-state index contributed by atoms with van der Waals surface area (Å²) >= 11 is 0. The summed E-state index contributed by atoms with van der Waals surface area (Å²) < 4.78 is 0. The van der Waals surface area contributed by atoms with Crippen LogP contribution in [0.3, 0.4) is 0 Å². The van der Waals surface area contributed by atoms with Crippen LogP contribution in [-0.2, 0) is 14.4 Å². The smallest absolute Gasteiger partial charge is 1.00 e. The van der Waals surface area contributed by atoms with Gasteiger partial charge in [0.2, 0.25) is 0 Å². The third-order valence-corrected chi connectivity index (χ3v) is 1.29. The zero-order valence-electron chi connectivity index (χ0n) is 8.43. The molecule has 0 saturated heterocycles. The first-order chi connectivity index (χ1) is 5.78. The standard InChI is InChI=1S/C6H8O7.Na.H4Si.H/c7-3(8)1-6(13,5(11)12)2-4(9)10;;;/h13H,1-2H2,(H,7,8)(H,9,10)(H,11,12);;1H4;/q;+1;;-1. The summed E-state index contributed by atoms with van der Waals surface area (Å²) in [7, 11) is 0. The van der Waals surface area contributed by atoms with Gasteiger partial charge in [0, 0.05) is 0 Å². The maximum Gasteiger partial charge on any atom is 1.00 e. The zero-order valence-corrected chi connectivity index (χ0v) is 9.43. The molecule has 0 aliphatic heterocycles. The fourth-order valence-electron chi connectivity index (χ4n) is 0.714. The number of aliphatic hydroxyl groups is 1. The molecule has 0 fully saturated rings. The van der Waals surface area contributed by atoms with Crippen molar-refractivity contribution in [1.29, 1.82) is 0 Å². The molecule has 0 atom stereocenters. The summed E-state index contributed by atoms with van der Waals surface area (Å²) in [4.78, 5) is 30.5. The number of rotatable bonds is 5. The van der Waals surface area contributed by atoms with E-state index in [1.54, 1.807) is 0 Å². The summed E-state index contributed by atoms with van der Waals surface area (Å²) in [5, 5.41) is 33.8. The fourth-order valence-corrected chi connectivity index (χ4v) is 0.714. The van der Waals surface area contributed by atoms with Gasteiger partial charge in [0.1, 0.15) is 0 Å². The van der Waals surface area contributed by atoms with Gasteiger partial charge in [-0.25, -0.2) is 4.79 Å². The van der Waals surface area contributed by atoms with Crippen LogP contribution in [0.5, 0.6) is 0 Å². The van der Waals surface area contributed by atoms with E-state index in [1.165, 1.54) is 0 Å². The van der Waals surface area contributed by atoms with E-state index in [1.807, 2.05) is 0 Å². The SMILES string of the molecule is O=C(O)CC(O)(CC(=O)O)C(=O)O.[H-].[Na+].[SiH4]. The second-order valence-corrected chi connectivity index (χ2v) is 2.48. The minimum Gasteiger partial charge on any atom is -1.00 e. The van der Waals surface area contributed by atoms with E-state index in [-0.39, 0.29) is 41.9 Å². The molecule has 9 heteroatoms. The monoisotopic (exact) mass is 248 g/mol. The number of carbonyl (C=O) groups is 3. The van der Waals surface area contributed by atoms with Crippen LogP contribution in [0.15, 0.2) is 0 Å². The van der Waals surface area contributed by atoms with Crippen molar-refractivity contribution in [1.82, 2.24) is 0 Å². The molecular formula is C6H13NaO7Si. The van der Waals surface area contributed by atoms with Crippen molar-refractivity contribution >= 4 is 28.9 Å². The third kappa shape index (κ3) is 7.51. The Morgan fingerprint density at radius 3 is 1.40 bits per heavy atom. The van der Waals surface area contributed by atoms with E-state index in [4.69, 9.17) is 20.4 Å². The molecule has 0 rings (SSSR count). The molecule has 0 aliphatic rings. The summed E-state index contributed by atoms with van der Waals surface area (Å²) in [6.07, 6.45) is -2.29. The Kier molecular flexibility index (Phi) is 10.5. The summed E-state index contributed by atoms with van der Waals surface area (Å²) in [6, 6.07) is 0. The van der Waals surface area contributed by atoms with Crippen molar-refractivity contribution in [3.63, 3.8) is 0 Å². The second kappa shape index (κ2) is 7.82. The molecule has 0 bridgehead atoms. The van der Waals surface area contributed by atoms with E-state index in [0.717, 1.165) is 0 Å². The van der Waals surface area contributed by atoms with Crippen molar-refractivity contribution in [3.8, 4) is 0 Å². The van der Waals surface area contributed by atoms with E-state index >= 15 is 0 Å². The van der Waals surface area contributed by atoms with Crippen LogP contribution in [-0.4, -0.2) is 54.9 Å². The van der Waals surface area contributed by atoms with E-state index in [0.29, 0.717) is 0 Å². The minimum atomic E-state index is -2.74. The molecule has 0 aliphatic carbocycles. The van der Waals surface area contributed by atoms with Gasteiger partial charge < -0.3 is 21.9 Å². The zero-order chi connectivity index (χ0) is 10.6. The first kappa shape index (κ1) is 20.1. The van der Waals surface area contributed by atoms with Crippen LogP contribution in [0, 0.1) is 0 Å². The second-order valence-electron chi connectivity index (χ2n) is 2.48. The molecule has 0 saturated carbocycles. The molecule has 0 radical (unpaired) electrons. The fraction of sp³-hybridized carbons (Fsp3) is 0.500. The number of hydrogen-bond acceptors (Lipinski definition) is 4. The van der Waals surface area contributed by atoms with Crippen molar-refractivity contribution in [2.75, 3.05) is 0 Å². The molecule has 0 aromatic carbocycles. The molecule has 0 spiro atoms. The third-order valence-electron chi connectivity index (χ3n) is 1.29. The average Bonchev–Trinajstić information content (AvgIpc) is 1.82. The van der Waals surface area contributed by atoms with Crippen LogP contribution in [0.2, 0.25) is 0 Å². The van der Waals surface area contributed by atoms with Gasteiger partial charge in [0.05, 0.1) is 12.8 Å². The number of hydrogen-bond donors (Lipinski definition) is 4. The van der Waals surface area contributed by atoms with Gasteiger partial charge in [-0.15, -0.1) is 0 Å². The van der Waals surface area contributed by atoms with Crippen LogP contribution in [0.25, 0.3) is 0 Å². The average molecular weight is 248 g/mol. The van der Waals surface area contributed by atoms with Crippen LogP contribution in [0.4, 0.5) is 0 Å². The normalized spacial score (nSPS) is 9.40. The van der Waals surface area contributed by atoms with Gasteiger partial charge in [-0.3, -0.25) is 9.59 Å². The summed E-state index contributed by atoms with van der Waals surface area (Å²) in [5.74, 6) is -5.02. The number of carboxylic acids is 3. The number of carboxylic acid groups (broad SMARTS) is 3. The largest absolute Gasteiger partial charge is 1.00 e. The summed E-state index contributed by atoms with van der Waals surface area (Å²) in [5.41, 5.74) is -2.74. The van der Waals surface area contributed by atoms with E-state index in [9.17, 15) is 14.4 Å². The first-order valence-electron chi connectivity index (χ1n) is 3.17. The van der Waals surface area contributed by atoms with Gasteiger partial charge in [0.15, 0.2) is 5.60 Å². The quantitative estimate of drug-likeness (QED) is 0.357. The van der Waals surface area contributed by atoms with Crippen LogP contribution in [0.1, 0.15) is 14.3 Å². The van der Waals surface area contributed by atoms with Gasteiger partial charge in [-0.1, -0.05) is 0 Å². The minimum absolute atomic E-state index is 0. The molecule has 0 aromatic rings. The predicted molar refractivity (Wildman–Crippen MR) is 49.5 cm³/mol. The van der Waals surface area contributed by atoms with Crippen LogP contribution >= 0.6 is 0 Å². The van der Waals surface area contributed by atoms with Crippen molar-refractivity contribution in [2.45, 2.75) is 18.4 Å². The summed E-state index contributed by atoms with van der Waals surface area (Å²) in [6.45, 7) is 0. The van der Waals surface area contributed by atoms with Crippen molar-refractivity contribution in [2.24, 2.45) is 0 Å². The first-order valence-corrected chi connectivity index (χ1v) is 3.17. The molecule has 0 unspecified atom stereocenters. The molecule has 7 nitrogen and oxygen atoms in total. The van der Waals surface area contributed by atoms with Crippen LogP contribution < -0.4 is 29.6 Å². The topological polar surface area (TPSA) is 132 Å². The maximum atomic E-state index is 10.3. The molecule has 0 heterocycles. The Balaban J connectivity index is -0.000000240. The molecule has 84 valence electrons. The van der Waals surface area contributed by atoms with E-state index < -0.39 is 36.4 Å². The number of aliphatic carboxylic acids is 3. The van der Waals surface area contributed by atoms with Crippen molar-refractivity contribution in [3.05, 3.63) is 0 Å². The Morgan fingerprint density at radius 1 is 1.00 bits per heavy atom. The molecule has 4 N–H and O–H groups in total. The predicted octanol–water partition coefficient (Wildman–Crippen LogP) is -5.58. The Bertz CT molecular complexity index is 243. The van der Waals surface area contributed by atoms with Gasteiger partial charge in [-0.05, 0) is 11.0 Å². The Labute approximate surface area is 113 Å².